The Morgan fingerprint density at radius 1 is 1.19 bits per heavy atom. The summed E-state index contributed by atoms with van der Waals surface area (Å²) in [5.41, 5.74) is 6.08. The minimum atomic E-state index is -0.584. The summed E-state index contributed by atoms with van der Waals surface area (Å²) in [6, 6.07) is 9.62. The second kappa shape index (κ2) is 9.82. The first-order chi connectivity index (χ1) is 12.8. The van der Waals surface area contributed by atoms with E-state index in [9.17, 15) is 9.59 Å². The highest BCUT2D eigenvalue weighted by Crippen LogP contribution is 2.29. The van der Waals surface area contributed by atoms with Crippen molar-refractivity contribution in [3.8, 4) is 0 Å². The van der Waals surface area contributed by atoms with Crippen molar-refractivity contribution in [2.24, 2.45) is 11.7 Å². The third-order valence-corrected chi connectivity index (χ3v) is 4.23. The Hall–Kier alpha value is -1.96. The van der Waals surface area contributed by atoms with Crippen LogP contribution in [0.4, 0.5) is 0 Å². The molecule has 2 N–H and O–H groups in total. The van der Waals surface area contributed by atoms with Crippen LogP contribution in [0.15, 0.2) is 30.3 Å². The van der Waals surface area contributed by atoms with Crippen LogP contribution in [0.5, 0.6) is 0 Å². The molecule has 0 unspecified atom stereocenters. The molecule has 0 aromatic heterocycles. The number of β-lactam (4-membered cyclic amide) rings is 1. The molecular formula is C20H30N2O5. The minimum Gasteiger partial charge on any atom is -0.459 e. The third kappa shape index (κ3) is 6.61. The van der Waals surface area contributed by atoms with Crippen molar-refractivity contribution in [2.75, 3.05) is 26.5 Å². The first-order valence-electron chi connectivity index (χ1n) is 9.23. The van der Waals surface area contributed by atoms with Crippen LogP contribution >= 0.6 is 0 Å². The quantitative estimate of drug-likeness (QED) is 0.288. The van der Waals surface area contributed by atoms with Gasteiger partial charge in [-0.3, -0.25) is 9.59 Å². The first-order valence-corrected chi connectivity index (χ1v) is 9.23. The minimum absolute atomic E-state index is 0.0733. The predicted octanol–water partition coefficient (Wildman–Crippen LogP) is 1.69. The van der Waals surface area contributed by atoms with E-state index >= 15 is 0 Å². The van der Waals surface area contributed by atoms with E-state index in [1.807, 2.05) is 30.3 Å². The van der Waals surface area contributed by atoms with Crippen molar-refractivity contribution >= 4 is 11.9 Å². The molecule has 1 aromatic carbocycles. The summed E-state index contributed by atoms with van der Waals surface area (Å²) < 4.78 is 16.4. The molecule has 0 aliphatic carbocycles. The van der Waals surface area contributed by atoms with Gasteiger partial charge in [-0.1, -0.05) is 30.3 Å². The fourth-order valence-corrected chi connectivity index (χ4v) is 3.05. The molecule has 1 fully saturated rings. The van der Waals surface area contributed by atoms with E-state index in [-0.39, 0.29) is 31.2 Å². The van der Waals surface area contributed by atoms with Crippen molar-refractivity contribution in [3.63, 3.8) is 0 Å². The maximum absolute atomic E-state index is 12.3. The lowest BCUT2D eigenvalue weighted by atomic mass is 9.85. The van der Waals surface area contributed by atoms with Crippen molar-refractivity contribution < 1.29 is 23.8 Å². The van der Waals surface area contributed by atoms with Gasteiger partial charge in [0.15, 0.2) is 0 Å². The van der Waals surface area contributed by atoms with Gasteiger partial charge in [0, 0.05) is 0 Å². The number of carbonyl (C=O) groups is 2. The molecule has 1 aromatic rings. The molecular weight excluding hydrogens is 348 g/mol. The van der Waals surface area contributed by atoms with Gasteiger partial charge < -0.3 is 24.8 Å². The van der Waals surface area contributed by atoms with Gasteiger partial charge in [-0.15, -0.1) is 0 Å². The molecule has 1 saturated heterocycles. The highest BCUT2D eigenvalue weighted by Gasteiger charge is 2.47. The standard InChI is InChI=1S/C20H30N2O5/c1-20(2,3)27-18(23)11-22-17(16(9-10-21)19(22)24)13-26-14-25-12-15-7-5-4-6-8-15/h4-8,16-17H,9-14,21H2,1-3H3/t16-,17+/m1/s1. The Balaban J connectivity index is 1.79. The Labute approximate surface area is 160 Å². The van der Waals surface area contributed by atoms with Gasteiger partial charge in [0.25, 0.3) is 0 Å². The average molecular weight is 378 g/mol. The summed E-state index contributed by atoms with van der Waals surface area (Å²) in [6.07, 6.45) is 0.572. The number of hydrogen-bond donors (Lipinski definition) is 1. The fourth-order valence-electron chi connectivity index (χ4n) is 3.05. The largest absolute Gasteiger partial charge is 0.459 e. The van der Waals surface area contributed by atoms with Crippen LogP contribution < -0.4 is 5.73 Å². The molecule has 0 spiro atoms. The molecule has 1 heterocycles. The number of hydrogen-bond acceptors (Lipinski definition) is 6. The van der Waals surface area contributed by atoms with Gasteiger partial charge in [-0.05, 0) is 39.3 Å². The number of amides is 1. The maximum atomic E-state index is 12.3. The molecule has 7 heteroatoms. The van der Waals surface area contributed by atoms with Crippen molar-refractivity contribution in [3.05, 3.63) is 35.9 Å². The number of carbonyl (C=O) groups excluding carboxylic acids is 2. The van der Waals surface area contributed by atoms with Crippen LogP contribution in [-0.4, -0.2) is 54.9 Å². The maximum Gasteiger partial charge on any atom is 0.326 e. The Morgan fingerprint density at radius 2 is 1.89 bits per heavy atom. The molecule has 150 valence electrons. The van der Waals surface area contributed by atoms with E-state index in [0.717, 1.165) is 5.56 Å². The van der Waals surface area contributed by atoms with Gasteiger partial charge >= 0.3 is 5.97 Å². The smallest absolute Gasteiger partial charge is 0.326 e. The molecule has 1 aliphatic heterocycles. The van der Waals surface area contributed by atoms with Gasteiger partial charge in [0.2, 0.25) is 5.91 Å². The van der Waals surface area contributed by atoms with E-state index in [2.05, 4.69) is 0 Å². The molecule has 0 saturated carbocycles. The zero-order chi connectivity index (χ0) is 19.9. The molecule has 2 rings (SSSR count). The second-order valence-corrected chi connectivity index (χ2v) is 7.63. The number of esters is 1. The summed E-state index contributed by atoms with van der Waals surface area (Å²) >= 11 is 0. The molecule has 2 atom stereocenters. The molecule has 1 aliphatic rings. The van der Waals surface area contributed by atoms with Crippen molar-refractivity contribution in [2.45, 2.75) is 45.4 Å². The van der Waals surface area contributed by atoms with Crippen molar-refractivity contribution in [1.82, 2.24) is 4.90 Å². The topological polar surface area (TPSA) is 91.1 Å². The molecule has 27 heavy (non-hydrogen) atoms. The molecule has 7 nitrogen and oxygen atoms in total. The number of benzene rings is 1. The lowest BCUT2D eigenvalue weighted by molar-refractivity contribution is -0.176. The number of rotatable bonds is 10. The lowest BCUT2D eigenvalue weighted by Gasteiger charge is -2.46. The average Bonchev–Trinajstić information content (AvgIpc) is 2.61. The van der Waals surface area contributed by atoms with Gasteiger partial charge in [-0.25, -0.2) is 0 Å². The van der Waals surface area contributed by atoms with Crippen LogP contribution in [0.1, 0.15) is 32.8 Å². The fraction of sp³-hybridized carbons (Fsp3) is 0.600. The van der Waals surface area contributed by atoms with E-state index in [1.54, 1.807) is 20.8 Å². The molecule has 1 amide bonds. The highest BCUT2D eigenvalue weighted by molar-refractivity contribution is 5.89. The third-order valence-electron chi connectivity index (χ3n) is 4.23. The highest BCUT2D eigenvalue weighted by atomic mass is 16.7. The monoisotopic (exact) mass is 378 g/mol. The summed E-state index contributed by atoms with van der Waals surface area (Å²) in [6.45, 7) is 6.61. The normalized spacial score (nSPS) is 19.7. The molecule has 0 radical (unpaired) electrons. The molecule has 0 bridgehead atoms. The summed E-state index contributed by atoms with van der Waals surface area (Å²) in [5.74, 6) is -0.718. The van der Waals surface area contributed by atoms with Crippen LogP contribution in [0, 0.1) is 5.92 Å². The Bertz CT molecular complexity index is 615. The predicted molar refractivity (Wildman–Crippen MR) is 101 cm³/mol. The Morgan fingerprint density at radius 3 is 2.52 bits per heavy atom. The number of nitrogens with two attached hydrogens (primary N) is 1. The lowest BCUT2D eigenvalue weighted by Crippen LogP contribution is -2.64. The van der Waals surface area contributed by atoms with Gasteiger partial charge in [0.05, 0.1) is 25.2 Å². The number of likely N-dealkylation sites (tertiary alicyclic amines) is 1. The summed E-state index contributed by atoms with van der Waals surface area (Å²) in [4.78, 5) is 25.9. The van der Waals surface area contributed by atoms with E-state index in [0.29, 0.717) is 26.2 Å². The van der Waals surface area contributed by atoms with E-state index in [4.69, 9.17) is 19.9 Å². The van der Waals surface area contributed by atoms with E-state index in [1.165, 1.54) is 4.90 Å². The van der Waals surface area contributed by atoms with Gasteiger partial charge in [0.1, 0.15) is 18.9 Å². The summed E-state index contributed by atoms with van der Waals surface area (Å²) in [7, 11) is 0. The number of ether oxygens (including phenoxy) is 3. The SMILES string of the molecule is CC(C)(C)OC(=O)CN1C(=O)[C@H](CCN)[C@@H]1COCOCc1ccccc1. The second-order valence-electron chi connectivity index (χ2n) is 7.63. The zero-order valence-electron chi connectivity index (χ0n) is 16.3. The number of nitrogens with zero attached hydrogens (tertiary/aromatic N) is 1. The van der Waals surface area contributed by atoms with Crippen LogP contribution in [0.25, 0.3) is 0 Å². The zero-order valence-corrected chi connectivity index (χ0v) is 16.3. The van der Waals surface area contributed by atoms with Gasteiger partial charge in [-0.2, -0.15) is 0 Å². The van der Waals surface area contributed by atoms with Crippen LogP contribution in [0.3, 0.4) is 0 Å². The van der Waals surface area contributed by atoms with Crippen LogP contribution in [0.2, 0.25) is 0 Å². The van der Waals surface area contributed by atoms with Crippen LogP contribution in [-0.2, 0) is 30.4 Å². The Kier molecular flexibility index (Phi) is 7.77. The van der Waals surface area contributed by atoms with Crippen molar-refractivity contribution in [1.29, 1.82) is 0 Å². The first kappa shape index (κ1) is 21.3. The summed E-state index contributed by atoms with van der Waals surface area (Å²) in [5, 5.41) is 0. The van der Waals surface area contributed by atoms with E-state index < -0.39 is 11.6 Å².